The zero-order chi connectivity index (χ0) is 13.1. The SMILES string of the molecule is COc1ccc(C=O)c(C(=O)OC(C)(C)C)c1. The maximum absolute atomic E-state index is 11.9. The lowest BCUT2D eigenvalue weighted by atomic mass is 10.1. The van der Waals surface area contributed by atoms with Gasteiger partial charge in [0.2, 0.25) is 0 Å². The lowest BCUT2D eigenvalue weighted by Crippen LogP contribution is -2.24. The van der Waals surface area contributed by atoms with Crippen molar-refractivity contribution >= 4 is 12.3 Å². The molecule has 0 fully saturated rings. The lowest BCUT2D eigenvalue weighted by molar-refractivity contribution is 0.00679. The highest BCUT2D eigenvalue weighted by molar-refractivity contribution is 5.98. The second-order valence-corrected chi connectivity index (χ2v) is 4.57. The van der Waals surface area contributed by atoms with Gasteiger partial charge in [-0.15, -0.1) is 0 Å². The van der Waals surface area contributed by atoms with Crippen LogP contribution in [0, 0.1) is 0 Å². The minimum atomic E-state index is -0.597. The van der Waals surface area contributed by atoms with Crippen LogP contribution in [0.25, 0.3) is 0 Å². The van der Waals surface area contributed by atoms with Crippen LogP contribution < -0.4 is 4.74 Å². The number of aldehydes is 1. The van der Waals surface area contributed by atoms with E-state index in [1.54, 1.807) is 26.8 Å². The average Bonchev–Trinajstić information content (AvgIpc) is 2.25. The Bertz CT molecular complexity index is 430. The van der Waals surface area contributed by atoms with Gasteiger partial charge in [-0.25, -0.2) is 4.79 Å². The highest BCUT2D eigenvalue weighted by Crippen LogP contribution is 2.19. The largest absolute Gasteiger partial charge is 0.497 e. The smallest absolute Gasteiger partial charge is 0.339 e. The summed E-state index contributed by atoms with van der Waals surface area (Å²) in [7, 11) is 1.49. The third-order valence-electron chi connectivity index (χ3n) is 2.01. The van der Waals surface area contributed by atoms with Crippen molar-refractivity contribution in [3.63, 3.8) is 0 Å². The first-order chi connectivity index (χ1) is 7.87. The molecule has 0 atom stereocenters. The van der Waals surface area contributed by atoms with Gasteiger partial charge in [0.25, 0.3) is 0 Å². The average molecular weight is 236 g/mol. The van der Waals surface area contributed by atoms with Crippen molar-refractivity contribution in [2.45, 2.75) is 26.4 Å². The van der Waals surface area contributed by atoms with Gasteiger partial charge in [0.05, 0.1) is 12.7 Å². The molecule has 0 radical (unpaired) electrons. The summed E-state index contributed by atoms with van der Waals surface area (Å²) in [6, 6.07) is 4.65. The van der Waals surface area contributed by atoms with Crippen molar-refractivity contribution < 1.29 is 19.1 Å². The molecule has 0 heterocycles. The molecule has 0 unspecified atom stereocenters. The van der Waals surface area contributed by atoms with Crippen LogP contribution in [0.15, 0.2) is 18.2 Å². The zero-order valence-corrected chi connectivity index (χ0v) is 10.4. The van der Waals surface area contributed by atoms with Crippen molar-refractivity contribution in [2.24, 2.45) is 0 Å². The number of carbonyl (C=O) groups is 2. The Morgan fingerprint density at radius 3 is 2.41 bits per heavy atom. The van der Waals surface area contributed by atoms with Gasteiger partial charge in [0, 0.05) is 5.56 Å². The van der Waals surface area contributed by atoms with E-state index in [4.69, 9.17) is 9.47 Å². The van der Waals surface area contributed by atoms with E-state index >= 15 is 0 Å². The third-order valence-corrected chi connectivity index (χ3v) is 2.01. The normalized spacial score (nSPS) is 10.8. The molecule has 0 aliphatic rings. The Morgan fingerprint density at radius 1 is 1.29 bits per heavy atom. The van der Waals surface area contributed by atoms with Crippen LogP contribution in [0.5, 0.6) is 5.75 Å². The molecular formula is C13H16O4. The highest BCUT2D eigenvalue weighted by Gasteiger charge is 2.20. The standard InChI is InChI=1S/C13H16O4/c1-13(2,3)17-12(15)11-7-10(16-4)6-5-9(11)8-14/h5-8H,1-4H3. The van der Waals surface area contributed by atoms with E-state index in [1.807, 2.05) is 0 Å². The third kappa shape index (κ3) is 3.59. The van der Waals surface area contributed by atoms with Crippen LogP contribution in [-0.4, -0.2) is 25.0 Å². The van der Waals surface area contributed by atoms with Crippen molar-refractivity contribution in [1.29, 1.82) is 0 Å². The Morgan fingerprint density at radius 2 is 1.94 bits per heavy atom. The predicted octanol–water partition coefficient (Wildman–Crippen LogP) is 2.46. The van der Waals surface area contributed by atoms with Crippen molar-refractivity contribution in [2.75, 3.05) is 7.11 Å². The summed E-state index contributed by atoms with van der Waals surface area (Å²) in [6.07, 6.45) is 0.624. The fraction of sp³-hybridized carbons (Fsp3) is 0.385. The van der Waals surface area contributed by atoms with Gasteiger partial charge in [-0.2, -0.15) is 0 Å². The van der Waals surface area contributed by atoms with E-state index in [9.17, 15) is 9.59 Å². The predicted molar refractivity (Wildman–Crippen MR) is 63.6 cm³/mol. The minimum absolute atomic E-state index is 0.217. The summed E-state index contributed by atoms with van der Waals surface area (Å²) in [6.45, 7) is 5.31. The molecule has 0 spiro atoms. The number of hydrogen-bond acceptors (Lipinski definition) is 4. The van der Waals surface area contributed by atoms with Gasteiger partial charge in [-0.05, 0) is 39.0 Å². The topological polar surface area (TPSA) is 52.6 Å². The minimum Gasteiger partial charge on any atom is -0.497 e. The molecule has 92 valence electrons. The lowest BCUT2D eigenvalue weighted by Gasteiger charge is -2.20. The van der Waals surface area contributed by atoms with Crippen LogP contribution in [0.2, 0.25) is 0 Å². The summed E-state index contributed by atoms with van der Waals surface area (Å²) in [5, 5.41) is 0. The van der Waals surface area contributed by atoms with Gasteiger partial charge in [0.1, 0.15) is 11.4 Å². The summed E-state index contributed by atoms with van der Waals surface area (Å²) in [5.41, 5.74) is -0.0883. The van der Waals surface area contributed by atoms with Gasteiger partial charge in [-0.1, -0.05) is 0 Å². The Kier molecular flexibility index (Phi) is 3.89. The van der Waals surface area contributed by atoms with Crippen molar-refractivity contribution in [3.8, 4) is 5.75 Å². The molecule has 0 bridgehead atoms. The van der Waals surface area contributed by atoms with Crippen LogP contribution in [0.3, 0.4) is 0 Å². The molecule has 0 saturated heterocycles. The molecule has 0 amide bonds. The van der Waals surface area contributed by atoms with Gasteiger partial charge >= 0.3 is 5.97 Å². The number of rotatable bonds is 3. The van der Waals surface area contributed by atoms with E-state index in [2.05, 4.69) is 0 Å². The zero-order valence-electron chi connectivity index (χ0n) is 10.4. The second-order valence-electron chi connectivity index (χ2n) is 4.57. The Hall–Kier alpha value is -1.84. The second kappa shape index (κ2) is 4.99. The van der Waals surface area contributed by atoms with E-state index in [0.29, 0.717) is 17.6 Å². The van der Waals surface area contributed by atoms with E-state index < -0.39 is 11.6 Å². The first kappa shape index (κ1) is 13.2. The monoisotopic (exact) mass is 236 g/mol. The van der Waals surface area contributed by atoms with E-state index in [0.717, 1.165) is 0 Å². The van der Waals surface area contributed by atoms with Crippen LogP contribution in [0.1, 0.15) is 41.5 Å². The first-order valence-corrected chi connectivity index (χ1v) is 5.24. The number of methoxy groups -OCH3 is 1. The highest BCUT2D eigenvalue weighted by atomic mass is 16.6. The van der Waals surface area contributed by atoms with Crippen molar-refractivity contribution in [3.05, 3.63) is 29.3 Å². The van der Waals surface area contributed by atoms with Crippen molar-refractivity contribution in [1.82, 2.24) is 0 Å². The first-order valence-electron chi connectivity index (χ1n) is 5.24. The number of ether oxygens (including phenoxy) is 2. The van der Waals surface area contributed by atoms with E-state index in [-0.39, 0.29) is 5.56 Å². The number of benzene rings is 1. The van der Waals surface area contributed by atoms with Gasteiger partial charge < -0.3 is 9.47 Å². The molecule has 0 aliphatic carbocycles. The molecule has 1 aromatic rings. The molecule has 0 N–H and O–H groups in total. The summed E-state index contributed by atoms with van der Waals surface area (Å²) < 4.78 is 10.2. The molecule has 1 rings (SSSR count). The molecule has 1 aromatic carbocycles. The number of carbonyl (C=O) groups excluding carboxylic acids is 2. The maximum Gasteiger partial charge on any atom is 0.339 e. The Balaban J connectivity index is 3.10. The number of esters is 1. The number of hydrogen-bond donors (Lipinski definition) is 0. The fourth-order valence-electron chi connectivity index (χ4n) is 1.27. The van der Waals surface area contributed by atoms with Crippen LogP contribution >= 0.6 is 0 Å². The molecule has 17 heavy (non-hydrogen) atoms. The van der Waals surface area contributed by atoms with Gasteiger partial charge in [0.15, 0.2) is 6.29 Å². The maximum atomic E-state index is 11.9. The van der Waals surface area contributed by atoms with Crippen LogP contribution in [-0.2, 0) is 4.74 Å². The van der Waals surface area contributed by atoms with Gasteiger partial charge in [-0.3, -0.25) is 4.79 Å². The quantitative estimate of drug-likeness (QED) is 0.597. The summed E-state index contributed by atoms with van der Waals surface area (Å²) in [5.74, 6) is -0.0186. The van der Waals surface area contributed by atoms with E-state index in [1.165, 1.54) is 19.2 Å². The molecule has 0 aromatic heterocycles. The fourth-order valence-corrected chi connectivity index (χ4v) is 1.27. The molecule has 0 aliphatic heterocycles. The van der Waals surface area contributed by atoms with Crippen LogP contribution in [0.4, 0.5) is 0 Å². The summed E-state index contributed by atoms with van der Waals surface area (Å²) in [4.78, 5) is 22.7. The molecule has 4 nitrogen and oxygen atoms in total. The summed E-state index contributed by atoms with van der Waals surface area (Å²) >= 11 is 0. The molecular weight excluding hydrogens is 220 g/mol. The Labute approximate surface area is 101 Å². The molecule has 4 heteroatoms. The molecule has 0 saturated carbocycles.